The van der Waals surface area contributed by atoms with Gasteiger partial charge in [-0.2, -0.15) is 5.26 Å². The van der Waals surface area contributed by atoms with Gasteiger partial charge in [-0.3, -0.25) is 0 Å². The van der Waals surface area contributed by atoms with E-state index in [0.717, 1.165) is 31.1 Å². The molecule has 2 aliphatic heterocycles. The summed E-state index contributed by atoms with van der Waals surface area (Å²) in [7, 11) is 0. The second kappa shape index (κ2) is 7.35. The van der Waals surface area contributed by atoms with Crippen LogP contribution in [0.15, 0.2) is 27.4 Å². The third-order valence-electron chi connectivity index (χ3n) is 5.85. The lowest BCUT2D eigenvalue weighted by atomic mass is 10.00. The number of carbonyl (C=O) groups excluding carboxylic acids is 1. The average Bonchev–Trinajstić information content (AvgIpc) is 2.92. The first-order valence-corrected chi connectivity index (χ1v) is 10.3. The maximum Gasteiger partial charge on any atom is 0.410 e. The van der Waals surface area contributed by atoms with Crippen LogP contribution < -0.4 is 10.4 Å². The molecule has 3 heterocycles. The SMILES string of the molecule is Cc1c(C#N)c(=O)oc2cc(O[C@@H]3C[C@H]4CC[C@@H](C3)N4C(=O)OC(C)(C)C)ccc12. The average molecular weight is 410 g/mol. The lowest BCUT2D eigenvalue weighted by molar-refractivity contribution is -0.00706. The summed E-state index contributed by atoms with van der Waals surface area (Å²) in [6, 6.07) is 7.47. The number of piperidine rings is 1. The monoisotopic (exact) mass is 410 g/mol. The topological polar surface area (TPSA) is 92.8 Å². The van der Waals surface area contributed by atoms with Gasteiger partial charge >= 0.3 is 11.7 Å². The van der Waals surface area contributed by atoms with Crippen molar-refractivity contribution in [3.63, 3.8) is 0 Å². The molecule has 7 nitrogen and oxygen atoms in total. The van der Waals surface area contributed by atoms with E-state index in [-0.39, 0.29) is 29.8 Å². The summed E-state index contributed by atoms with van der Waals surface area (Å²) >= 11 is 0. The van der Waals surface area contributed by atoms with Crippen LogP contribution in [0.25, 0.3) is 11.0 Å². The van der Waals surface area contributed by atoms with Gasteiger partial charge in [0.2, 0.25) is 0 Å². The first kappa shape index (κ1) is 20.3. The predicted molar refractivity (Wildman–Crippen MR) is 110 cm³/mol. The Morgan fingerprint density at radius 3 is 2.50 bits per heavy atom. The van der Waals surface area contributed by atoms with Crippen LogP contribution in [0.1, 0.15) is 57.6 Å². The number of fused-ring (bicyclic) bond motifs is 3. The molecule has 4 rings (SSSR count). The number of nitriles is 1. The van der Waals surface area contributed by atoms with Crippen molar-refractivity contribution in [3.05, 3.63) is 39.7 Å². The first-order valence-electron chi connectivity index (χ1n) is 10.3. The highest BCUT2D eigenvalue weighted by molar-refractivity contribution is 5.83. The number of amides is 1. The Bertz CT molecular complexity index is 1080. The van der Waals surface area contributed by atoms with E-state index in [0.29, 0.717) is 16.9 Å². The van der Waals surface area contributed by atoms with Crippen LogP contribution in [0.2, 0.25) is 0 Å². The summed E-state index contributed by atoms with van der Waals surface area (Å²) in [5.41, 5.74) is -0.101. The molecule has 2 aliphatic rings. The van der Waals surface area contributed by atoms with Crippen LogP contribution in [0, 0.1) is 18.3 Å². The number of benzene rings is 1. The summed E-state index contributed by atoms with van der Waals surface area (Å²) in [6.07, 6.45) is 3.11. The standard InChI is InChI=1S/C23H26N2O5/c1-13-18-8-7-16(11-20(18)29-21(26)19(13)12-24)28-17-9-14-5-6-15(10-17)25(14)22(27)30-23(2,3)4/h7-8,11,14-15,17H,5-6,9-10H2,1-4H3/t14-,15+,17-. The molecule has 0 N–H and O–H groups in total. The van der Waals surface area contributed by atoms with Gasteiger partial charge in [-0.25, -0.2) is 9.59 Å². The third kappa shape index (κ3) is 3.74. The minimum Gasteiger partial charge on any atom is -0.490 e. The highest BCUT2D eigenvalue weighted by atomic mass is 16.6. The number of aryl methyl sites for hydroxylation is 1. The van der Waals surface area contributed by atoms with E-state index in [9.17, 15) is 9.59 Å². The molecule has 0 unspecified atom stereocenters. The van der Waals surface area contributed by atoms with Crippen LogP contribution in [-0.2, 0) is 4.74 Å². The summed E-state index contributed by atoms with van der Waals surface area (Å²) in [6.45, 7) is 7.37. The first-order chi connectivity index (χ1) is 14.2. The normalized spacial score (nSPS) is 23.3. The molecule has 158 valence electrons. The number of carbonyl (C=O) groups is 1. The number of ether oxygens (including phenoxy) is 2. The van der Waals surface area contributed by atoms with E-state index in [1.807, 2.05) is 43.9 Å². The number of nitrogens with zero attached hydrogens (tertiary/aromatic N) is 2. The third-order valence-corrected chi connectivity index (χ3v) is 5.85. The molecule has 7 heteroatoms. The lowest BCUT2D eigenvalue weighted by Gasteiger charge is -2.39. The van der Waals surface area contributed by atoms with Crippen molar-refractivity contribution < 1.29 is 18.7 Å². The van der Waals surface area contributed by atoms with Crippen molar-refractivity contribution in [1.29, 1.82) is 5.26 Å². The van der Waals surface area contributed by atoms with Gasteiger partial charge < -0.3 is 18.8 Å². The van der Waals surface area contributed by atoms with E-state index in [1.165, 1.54) is 0 Å². The fourth-order valence-corrected chi connectivity index (χ4v) is 4.57. The van der Waals surface area contributed by atoms with Crippen molar-refractivity contribution in [2.75, 3.05) is 0 Å². The van der Waals surface area contributed by atoms with Gasteiger partial charge in [-0.1, -0.05) is 0 Å². The molecule has 1 aromatic heterocycles. The molecule has 2 saturated heterocycles. The van der Waals surface area contributed by atoms with Gasteiger partial charge in [-0.05, 0) is 58.2 Å². The number of rotatable bonds is 2. The zero-order chi connectivity index (χ0) is 21.6. The quantitative estimate of drug-likeness (QED) is 0.686. The highest BCUT2D eigenvalue weighted by Gasteiger charge is 2.45. The van der Waals surface area contributed by atoms with Crippen molar-refractivity contribution >= 4 is 17.1 Å². The van der Waals surface area contributed by atoms with E-state index in [1.54, 1.807) is 13.0 Å². The summed E-state index contributed by atoms with van der Waals surface area (Å²) in [5.74, 6) is 0.616. The van der Waals surface area contributed by atoms with Gasteiger partial charge in [0, 0.05) is 36.4 Å². The van der Waals surface area contributed by atoms with Crippen LogP contribution in [0.3, 0.4) is 0 Å². The summed E-state index contributed by atoms with van der Waals surface area (Å²) in [4.78, 5) is 26.5. The van der Waals surface area contributed by atoms with Crippen molar-refractivity contribution in [2.24, 2.45) is 0 Å². The second-order valence-corrected chi connectivity index (χ2v) is 9.14. The Balaban J connectivity index is 1.50. The molecule has 30 heavy (non-hydrogen) atoms. The molecule has 0 saturated carbocycles. The Labute approximate surface area is 175 Å². The maximum absolute atomic E-state index is 12.6. The molecule has 0 aliphatic carbocycles. The summed E-state index contributed by atoms with van der Waals surface area (Å²) < 4.78 is 17.1. The Morgan fingerprint density at radius 2 is 1.90 bits per heavy atom. The number of hydrogen-bond donors (Lipinski definition) is 0. The van der Waals surface area contributed by atoms with E-state index >= 15 is 0 Å². The molecule has 2 aromatic rings. The highest BCUT2D eigenvalue weighted by Crippen LogP contribution is 2.38. The Morgan fingerprint density at radius 1 is 1.23 bits per heavy atom. The molecule has 1 aromatic carbocycles. The minimum absolute atomic E-state index is 0.0233. The molecule has 3 atom stereocenters. The van der Waals surface area contributed by atoms with Crippen LogP contribution in [0.5, 0.6) is 5.75 Å². The molecule has 1 amide bonds. The van der Waals surface area contributed by atoms with Crippen LogP contribution in [0.4, 0.5) is 4.79 Å². The Hall–Kier alpha value is -3.01. The number of hydrogen-bond acceptors (Lipinski definition) is 6. The van der Waals surface area contributed by atoms with Crippen molar-refractivity contribution in [1.82, 2.24) is 4.90 Å². The van der Waals surface area contributed by atoms with Gasteiger partial charge in [0.25, 0.3) is 0 Å². The fraction of sp³-hybridized carbons (Fsp3) is 0.522. The maximum atomic E-state index is 12.6. The van der Waals surface area contributed by atoms with E-state index in [4.69, 9.17) is 19.2 Å². The van der Waals surface area contributed by atoms with E-state index in [2.05, 4.69) is 0 Å². The van der Waals surface area contributed by atoms with Gasteiger partial charge in [0.15, 0.2) is 0 Å². The predicted octanol–water partition coefficient (Wildman–Crippen LogP) is 4.28. The molecule has 2 bridgehead atoms. The van der Waals surface area contributed by atoms with E-state index < -0.39 is 11.2 Å². The molecular formula is C23H26N2O5. The van der Waals surface area contributed by atoms with Crippen molar-refractivity contribution in [2.45, 2.75) is 77.2 Å². The van der Waals surface area contributed by atoms with Gasteiger partial charge in [0.1, 0.15) is 34.7 Å². The molecular weight excluding hydrogens is 384 g/mol. The molecule has 0 radical (unpaired) electrons. The van der Waals surface area contributed by atoms with Crippen LogP contribution >= 0.6 is 0 Å². The lowest BCUT2D eigenvalue weighted by Crippen LogP contribution is -2.50. The largest absolute Gasteiger partial charge is 0.490 e. The Kier molecular flexibility index (Phi) is 4.97. The zero-order valence-electron chi connectivity index (χ0n) is 17.7. The second-order valence-electron chi connectivity index (χ2n) is 9.14. The van der Waals surface area contributed by atoms with Gasteiger partial charge in [-0.15, -0.1) is 0 Å². The molecule has 0 spiro atoms. The molecule has 2 fully saturated rings. The van der Waals surface area contributed by atoms with Crippen LogP contribution in [-0.4, -0.2) is 34.8 Å². The van der Waals surface area contributed by atoms with Gasteiger partial charge in [0.05, 0.1) is 0 Å². The fourth-order valence-electron chi connectivity index (χ4n) is 4.57. The minimum atomic E-state index is -0.636. The van der Waals surface area contributed by atoms with Crippen molar-refractivity contribution in [3.8, 4) is 11.8 Å². The smallest absolute Gasteiger partial charge is 0.410 e. The summed E-state index contributed by atoms with van der Waals surface area (Å²) in [5, 5.41) is 9.86. The zero-order valence-corrected chi connectivity index (χ0v) is 17.7.